The summed E-state index contributed by atoms with van der Waals surface area (Å²) in [6.45, 7) is 5.25. The van der Waals surface area contributed by atoms with Crippen LogP contribution in [0, 0.1) is 6.92 Å². The molecule has 0 bridgehead atoms. The first-order valence-electron chi connectivity index (χ1n) is 7.46. The molecular weight excluding hydrogens is 310 g/mol. The van der Waals surface area contributed by atoms with Crippen LogP contribution in [-0.2, 0) is 4.79 Å². The van der Waals surface area contributed by atoms with Gasteiger partial charge in [-0.15, -0.1) is 0 Å². The van der Waals surface area contributed by atoms with Crippen LogP contribution < -0.4 is 10.1 Å². The van der Waals surface area contributed by atoms with Crippen molar-refractivity contribution in [3.8, 4) is 5.75 Å². The number of amides is 1. The Morgan fingerprint density at radius 2 is 2.08 bits per heavy atom. The van der Waals surface area contributed by atoms with Crippen molar-refractivity contribution in [3.05, 3.63) is 47.5 Å². The minimum Gasteiger partial charge on any atom is -0.482 e. The van der Waals surface area contributed by atoms with Gasteiger partial charge >= 0.3 is 5.97 Å². The van der Waals surface area contributed by atoms with Crippen molar-refractivity contribution >= 4 is 17.6 Å². The van der Waals surface area contributed by atoms with E-state index in [4.69, 9.17) is 9.84 Å². The summed E-state index contributed by atoms with van der Waals surface area (Å²) in [5, 5.41) is 11.4. The predicted octanol–water partition coefficient (Wildman–Crippen LogP) is 2.62. The molecule has 0 aliphatic rings. The average molecular weight is 329 g/mol. The summed E-state index contributed by atoms with van der Waals surface area (Å²) < 4.78 is 5.10. The number of aliphatic carboxylic acids is 1. The summed E-state index contributed by atoms with van der Waals surface area (Å²) >= 11 is 0. The first-order valence-corrected chi connectivity index (χ1v) is 7.46. The molecule has 0 spiro atoms. The van der Waals surface area contributed by atoms with Crippen molar-refractivity contribution in [2.45, 2.75) is 26.7 Å². The van der Waals surface area contributed by atoms with E-state index in [0.29, 0.717) is 28.5 Å². The zero-order valence-corrected chi connectivity index (χ0v) is 13.7. The number of anilines is 1. The Kier molecular flexibility index (Phi) is 5.47. The van der Waals surface area contributed by atoms with Crippen molar-refractivity contribution in [2.24, 2.45) is 0 Å². The second-order valence-electron chi connectivity index (χ2n) is 5.54. The quantitative estimate of drug-likeness (QED) is 0.845. The Hall–Kier alpha value is -2.96. The van der Waals surface area contributed by atoms with Gasteiger partial charge in [-0.3, -0.25) is 4.79 Å². The van der Waals surface area contributed by atoms with Crippen molar-refractivity contribution in [2.75, 3.05) is 11.9 Å². The SMILES string of the molecule is Cc1ncc(C(=O)Nc2cccc(OCC(=O)O)c2)c(C(C)C)n1. The molecule has 2 rings (SSSR count). The largest absolute Gasteiger partial charge is 0.482 e. The molecule has 1 aromatic carbocycles. The molecule has 0 radical (unpaired) electrons. The number of nitrogens with one attached hydrogen (secondary N) is 1. The van der Waals surface area contributed by atoms with Crippen molar-refractivity contribution in [1.82, 2.24) is 9.97 Å². The van der Waals surface area contributed by atoms with Gasteiger partial charge in [0.2, 0.25) is 0 Å². The van der Waals surface area contributed by atoms with Gasteiger partial charge in [0.05, 0.1) is 11.3 Å². The van der Waals surface area contributed by atoms with Crippen LogP contribution in [-0.4, -0.2) is 33.6 Å². The van der Waals surface area contributed by atoms with E-state index >= 15 is 0 Å². The molecule has 0 atom stereocenters. The van der Waals surface area contributed by atoms with Gasteiger partial charge in [0.25, 0.3) is 5.91 Å². The maximum absolute atomic E-state index is 12.5. The number of hydrogen-bond donors (Lipinski definition) is 2. The zero-order chi connectivity index (χ0) is 17.7. The third-order valence-corrected chi connectivity index (χ3v) is 3.18. The fourth-order valence-corrected chi connectivity index (χ4v) is 2.11. The zero-order valence-electron chi connectivity index (χ0n) is 13.7. The van der Waals surface area contributed by atoms with Gasteiger partial charge in [0, 0.05) is 18.0 Å². The molecule has 0 saturated heterocycles. The fourth-order valence-electron chi connectivity index (χ4n) is 2.11. The summed E-state index contributed by atoms with van der Waals surface area (Å²) in [6.07, 6.45) is 1.51. The smallest absolute Gasteiger partial charge is 0.341 e. The third-order valence-electron chi connectivity index (χ3n) is 3.18. The molecule has 0 unspecified atom stereocenters. The number of ether oxygens (including phenoxy) is 1. The number of benzene rings is 1. The molecular formula is C17H19N3O4. The van der Waals surface area contributed by atoms with Gasteiger partial charge in [0.1, 0.15) is 11.6 Å². The highest BCUT2D eigenvalue weighted by Gasteiger charge is 2.16. The molecule has 2 aromatic rings. The number of rotatable bonds is 6. The lowest BCUT2D eigenvalue weighted by Gasteiger charge is -2.12. The van der Waals surface area contributed by atoms with E-state index in [1.165, 1.54) is 6.20 Å². The lowest BCUT2D eigenvalue weighted by Crippen LogP contribution is -2.17. The Morgan fingerprint density at radius 3 is 2.75 bits per heavy atom. The highest BCUT2D eigenvalue weighted by atomic mass is 16.5. The second-order valence-corrected chi connectivity index (χ2v) is 5.54. The van der Waals surface area contributed by atoms with E-state index in [1.807, 2.05) is 13.8 Å². The van der Waals surface area contributed by atoms with Crippen molar-refractivity contribution in [1.29, 1.82) is 0 Å². The molecule has 0 aliphatic heterocycles. The van der Waals surface area contributed by atoms with Crippen LogP contribution in [0.15, 0.2) is 30.5 Å². The molecule has 7 nitrogen and oxygen atoms in total. The van der Waals surface area contributed by atoms with E-state index in [2.05, 4.69) is 15.3 Å². The van der Waals surface area contributed by atoms with Crippen LogP contribution in [0.1, 0.15) is 41.6 Å². The van der Waals surface area contributed by atoms with Crippen LogP contribution in [0.5, 0.6) is 5.75 Å². The van der Waals surface area contributed by atoms with Crippen molar-refractivity contribution in [3.63, 3.8) is 0 Å². The Balaban J connectivity index is 2.18. The van der Waals surface area contributed by atoms with Gasteiger partial charge in [-0.05, 0) is 25.0 Å². The fraction of sp³-hybridized carbons (Fsp3) is 0.294. The van der Waals surface area contributed by atoms with Gasteiger partial charge in [-0.25, -0.2) is 14.8 Å². The number of hydrogen-bond acceptors (Lipinski definition) is 5. The van der Waals surface area contributed by atoms with Crippen LogP contribution >= 0.6 is 0 Å². The summed E-state index contributed by atoms with van der Waals surface area (Å²) in [7, 11) is 0. The molecule has 0 aliphatic carbocycles. The van der Waals surface area contributed by atoms with Gasteiger partial charge < -0.3 is 15.2 Å². The van der Waals surface area contributed by atoms with Gasteiger partial charge in [0.15, 0.2) is 6.61 Å². The maximum Gasteiger partial charge on any atom is 0.341 e. The number of nitrogens with zero attached hydrogens (tertiary/aromatic N) is 2. The van der Waals surface area contributed by atoms with Gasteiger partial charge in [-0.2, -0.15) is 0 Å². The lowest BCUT2D eigenvalue weighted by molar-refractivity contribution is -0.139. The maximum atomic E-state index is 12.5. The van der Waals surface area contributed by atoms with Crippen molar-refractivity contribution < 1.29 is 19.4 Å². The predicted molar refractivity (Wildman–Crippen MR) is 88.4 cm³/mol. The molecule has 24 heavy (non-hydrogen) atoms. The highest BCUT2D eigenvalue weighted by molar-refractivity contribution is 6.05. The highest BCUT2D eigenvalue weighted by Crippen LogP contribution is 2.21. The molecule has 2 N–H and O–H groups in total. The summed E-state index contributed by atoms with van der Waals surface area (Å²) in [6, 6.07) is 6.54. The number of carboxylic acid groups (broad SMARTS) is 1. The summed E-state index contributed by atoms with van der Waals surface area (Å²) in [5.74, 6) is -0.339. The van der Waals surface area contributed by atoms with E-state index in [-0.39, 0.29) is 11.8 Å². The summed E-state index contributed by atoms with van der Waals surface area (Å²) in [5.41, 5.74) is 1.59. The van der Waals surface area contributed by atoms with E-state index < -0.39 is 12.6 Å². The average Bonchev–Trinajstić information content (AvgIpc) is 2.53. The molecule has 1 amide bonds. The minimum absolute atomic E-state index is 0.0812. The Morgan fingerprint density at radius 1 is 1.33 bits per heavy atom. The van der Waals surface area contributed by atoms with Crippen LogP contribution in [0.4, 0.5) is 5.69 Å². The molecule has 7 heteroatoms. The monoisotopic (exact) mass is 329 g/mol. The first kappa shape index (κ1) is 17.4. The lowest BCUT2D eigenvalue weighted by atomic mass is 10.0. The number of carbonyl (C=O) groups is 2. The minimum atomic E-state index is -1.07. The number of aryl methyl sites for hydroxylation is 1. The van der Waals surface area contributed by atoms with E-state index in [1.54, 1.807) is 31.2 Å². The molecule has 0 fully saturated rings. The van der Waals surface area contributed by atoms with Crippen LogP contribution in [0.25, 0.3) is 0 Å². The van der Waals surface area contributed by atoms with Crippen LogP contribution in [0.3, 0.4) is 0 Å². The van der Waals surface area contributed by atoms with Crippen LogP contribution in [0.2, 0.25) is 0 Å². The molecule has 126 valence electrons. The number of carboxylic acids is 1. The number of carbonyl (C=O) groups excluding carboxylic acids is 1. The summed E-state index contributed by atoms with van der Waals surface area (Å²) in [4.78, 5) is 31.5. The van der Waals surface area contributed by atoms with E-state index in [0.717, 1.165) is 0 Å². The third kappa shape index (κ3) is 4.52. The topological polar surface area (TPSA) is 101 Å². The molecule has 0 saturated carbocycles. The first-order chi connectivity index (χ1) is 11.4. The second kappa shape index (κ2) is 7.54. The van der Waals surface area contributed by atoms with E-state index in [9.17, 15) is 9.59 Å². The number of aromatic nitrogens is 2. The Labute approximate surface area is 139 Å². The van der Waals surface area contributed by atoms with Gasteiger partial charge in [-0.1, -0.05) is 19.9 Å². The molecule has 1 aromatic heterocycles. The normalized spacial score (nSPS) is 10.5. The standard InChI is InChI=1S/C17H19N3O4/c1-10(2)16-14(8-18-11(3)19-16)17(23)20-12-5-4-6-13(7-12)24-9-15(21)22/h4-8,10H,9H2,1-3H3,(H,20,23)(H,21,22). The molecule has 1 heterocycles. The Bertz CT molecular complexity index is 759.